The van der Waals surface area contributed by atoms with Gasteiger partial charge in [0.2, 0.25) is 22.7 Å². The Labute approximate surface area is 176 Å². The lowest BCUT2D eigenvalue weighted by Gasteiger charge is -2.23. The van der Waals surface area contributed by atoms with Crippen LogP contribution in [0.4, 0.5) is 5.69 Å². The molecule has 1 heterocycles. The summed E-state index contributed by atoms with van der Waals surface area (Å²) in [7, 11) is -3.66. The molecular weight excluding hydrogens is 408 g/mol. The molecule has 1 aliphatic rings. The third-order valence-corrected chi connectivity index (χ3v) is 6.40. The molecule has 0 spiro atoms. The minimum absolute atomic E-state index is 0.0843. The predicted molar refractivity (Wildman–Crippen MR) is 114 cm³/mol. The van der Waals surface area contributed by atoms with Crippen molar-refractivity contribution in [3.05, 3.63) is 48.0 Å². The van der Waals surface area contributed by atoms with E-state index in [1.165, 1.54) is 12.5 Å². The Kier molecular flexibility index (Phi) is 7.04. The highest BCUT2D eigenvalue weighted by Gasteiger charge is 2.25. The molecule has 0 fully saturated rings. The number of carbonyl (C=O) groups excluding carboxylic acids is 1. The Bertz CT molecular complexity index is 975. The normalized spacial score (nSPS) is 12.5. The van der Waals surface area contributed by atoms with Crippen molar-refractivity contribution < 1.29 is 27.4 Å². The molecule has 162 valence electrons. The Morgan fingerprint density at radius 2 is 1.83 bits per heavy atom. The van der Waals surface area contributed by atoms with E-state index in [0.717, 1.165) is 16.5 Å². The number of hydrogen-bond donors (Lipinski definition) is 1. The first-order valence-corrected chi connectivity index (χ1v) is 11.4. The second-order valence-electron chi connectivity index (χ2n) is 6.64. The van der Waals surface area contributed by atoms with E-state index in [1.54, 1.807) is 18.2 Å². The monoisotopic (exact) mass is 434 g/mol. The average molecular weight is 435 g/mol. The molecule has 30 heavy (non-hydrogen) atoms. The molecule has 0 unspecified atom stereocenters. The molecule has 0 bridgehead atoms. The van der Waals surface area contributed by atoms with Gasteiger partial charge in [-0.25, -0.2) is 8.42 Å². The van der Waals surface area contributed by atoms with E-state index in [-0.39, 0.29) is 32.2 Å². The number of hydrogen-bond acceptors (Lipinski definition) is 6. The van der Waals surface area contributed by atoms with Crippen LogP contribution in [-0.4, -0.2) is 46.6 Å². The van der Waals surface area contributed by atoms with Crippen molar-refractivity contribution in [2.75, 3.05) is 36.5 Å². The minimum atomic E-state index is -3.66. The predicted octanol–water partition coefficient (Wildman–Crippen LogP) is 2.33. The largest absolute Gasteiger partial charge is 0.492 e. The molecule has 2 aromatic rings. The van der Waals surface area contributed by atoms with E-state index < -0.39 is 15.9 Å². The van der Waals surface area contributed by atoms with Crippen molar-refractivity contribution in [1.82, 2.24) is 5.32 Å². The molecule has 0 radical (unpaired) electrons. The molecule has 1 aliphatic heterocycles. The van der Waals surface area contributed by atoms with Crippen molar-refractivity contribution in [3.63, 3.8) is 0 Å². The molecule has 9 heteroatoms. The van der Waals surface area contributed by atoms with Gasteiger partial charge >= 0.3 is 0 Å². The van der Waals surface area contributed by atoms with Crippen molar-refractivity contribution in [2.45, 2.75) is 20.3 Å². The van der Waals surface area contributed by atoms with Crippen molar-refractivity contribution in [3.8, 4) is 17.2 Å². The fraction of sp³-hybridized carbons (Fsp3) is 0.381. The van der Waals surface area contributed by atoms with Crippen LogP contribution >= 0.6 is 0 Å². The Morgan fingerprint density at radius 1 is 1.10 bits per heavy atom. The van der Waals surface area contributed by atoms with Crippen LogP contribution in [0.3, 0.4) is 0 Å². The van der Waals surface area contributed by atoms with E-state index in [1.807, 2.05) is 24.3 Å². The number of anilines is 1. The second kappa shape index (κ2) is 9.71. The smallest absolute Gasteiger partial charge is 0.240 e. The van der Waals surface area contributed by atoms with E-state index in [0.29, 0.717) is 17.2 Å². The first kappa shape index (κ1) is 21.8. The Hall–Kier alpha value is -2.94. The zero-order chi connectivity index (χ0) is 21.6. The van der Waals surface area contributed by atoms with Gasteiger partial charge in [0.25, 0.3) is 0 Å². The summed E-state index contributed by atoms with van der Waals surface area (Å²) in [4.78, 5) is 12.4. The highest BCUT2D eigenvalue weighted by atomic mass is 32.2. The minimum Gasteiger partial charge on any atom is -0.492 e. The van der Waals surface area contributed by atoms with Crippen LogP contribution in [0.1, 0.15) is 19.4 Å². The number of benzene rings is 2. The van der Waals surface area contributed by atoms with E-state index in [4.69, 9.17) is 14.2 Å². The SMILES string of the molecule is CCc1ccc(OCCNC(=O)CN(c2ccc3c(c2)OCO3)S(=O)(=O)CC)cc1. The zero-order valence-corrected chi connectivity index (χ0v) is 17.9. The Morgan fingerprint density at radius 3 is 2.53 bits per heavy atom. The van der Waals surface area contributed by atoms with Gasteiger partial charge in [-0.15, -0.1) is 0 Å². The van der Waals surface area contributed by atoms with Crippen LogP contribution in [-0.2, 0) is 21.2 Å². The van der Waals surface area contributed by atoms with Crippen LogP contribution in [0.25, 0.3) is 0 Å². The number of rotatable bonds is 10. The quantitative estimate of drug-likeness (QED) is 0.577. The topological polar surface area (TPSA) is 94.2 Å². The standard InChI is InChI=1S/C21H26N2O6S/c1-3-16-5-8-18(9-6-16)27-12-11-22-21(24)14-23(30(25,26)4-2)17-7-10-19-20(13-17)29-15-28-19/h5-10,13H,3-4,11-12,14-15H2,1-2H3,(H,22,24). The summed E-state index contributed by atoms with van der Waals surface area (Å²) in [6.45, 7) is 3.90. The van der Waals surface area contributed by atoms with Crippen LogP contribution in [0.15, 0.2) is 42.5 Å². The fourth-order valence-corrected chi connectivity index (χ4v) is 3.97. The maximum absolute atomic E-state index is 12.6. The summed E-state index contributed by atoms with van der Waals surface area (Å²) in [5, 5.41) is 2.70. The highest BCUT2D eigenvalue weighted by Crippen LogP contribution is 2.36. The number of sulfonamides is 1. The third kappa shape index (κ3) is 5.35. The number of amides is 1. The molecule has 0 aliphatic carbocycles. The lowest BCUT2D eigenvalue weighted by atomic mass is 10.2. The van der Waals surface area contributed by atoms with Crippen LogP contribution in [0.5, 0.6) is 17.2 Å². The summed E-state index contributed by atoms with van der Waals surface area (Å²) < 4.78 is 42.4. The van der Waals surface area contributed by atoms with Gasteiger partial charge in [-0.1, -0.05) is 19.1 Å². The van der Waals surface area contributed by atoms with Gasteiger partial charge in [-0.05, 0) is 43.2 Å². The molecular formula is C21H26N2O6S. The van der Waals surface area contributed by atoms with E-state index in [9.17, 15) is 13.2 Å². The number of fused-ring (bicyclic) bond motifs is 1. The van der Waals surface area contributed by atoms with Crippen molar-refractivity contribution >= 4 is 21.6 Å². The fourth-order valence-electron chi connectivity index (χ4n) is 2.91. The average Bonchev–Trinajstić information content (AvgIpc) is 3.23. The summed E-state index contributed by atoms with van der Waals surface area (Å²) in [5.41, 5.74) is 1.57. The lowest BCUT2D eigenvalue weighted by molar-refractivity contribution is -0.119. The number of aryl methyl sites for hydroxylation is 1. The van der Waals surface area contributed by atoms with Gasteiger partial charge < -0.3 is 19.5 Å². The van der Waals surface area contributed by atoms with Gasteiger partial charge in [0.15, 0.2) is 11.5 Å². The van der Waals surface area contributed by atoms with Crippen LogP contribution in [0.2, 0.25) is 0 Å². The number of nitrogens with zero attached hydrogens (tertiary/aromatic N) is 1. The summed E-state index contributed by atoms with van der Waals surface area (Å²) in [6.07, 6.45) is 0.955. The molecule has 0 atom stereocenters. The highest BCUT2D eigenvalue weighted by molar-refractivity contribution is 7.92. The molecule has 8 nitrogen and oxygen atoms in total. The summed E-state index contributed by atoms with van der Waals surface area (Å²) in [6, 6.07) is 12.5. The van der Waals surface area contributed by atoms with Gasteiger partial charge in [0, 0.05) is 6.07 Å². The van der Waals surface area contributed by atoms with Gasteiger partial charge in [0.1, 0.15) is 18.9 Å². The second-order valence-corrected chi connectivity index (χ2v) is 8.82. The van der Waals surface area contributed by atoms with Crippen LogP contribution in [0, 0.1) is 0 Å². The number of nitrogens with one attached hydrogen (secondary N) is 1. The molecule has 0 saturated carbocycles. The lowest BCUT2D eigenvalue weighted by Crippen LogP contribution is -2.42. The zero-order valence-electron chi connectivity index (χ0n) is 17.1. The molecule has 1 N–H and O–H groups in total. The first-order valence-electron chi connectivity index (χ1n) is 9.81. The number of carbonyl (C=O) groups is 1. The van der Waals surface area contributed by atoms with Gasteiger partial charge in [0.05, 0.1) is 18.0 Å². The van der Waals surface area contributed by atoms with E-state index in [2.05, 4.69) is 12.2 Å². The summed E-state index contributed by atoms with van der Waals surface area (Å²) in [5.74, 6) is 1.16. The molecule has 0 saturated heterocycles. The molecule has 2 aromatic carbocycles. The maximum atomic E-state index is 12.6. The maximum Gasteiger partial charge on any atom is 0.240 e. The molecule has 3 rings (SSSR count). The molecule has 1 amide bonds. The van der Waals surface area contributed by atoms with Crippen LogP contribution < -0.4 is 23.8 Å². The van der Waals surface area contributed by atoms with Gasteiger partial charge in [-0.2, -0.15) is 0 Å². The summed E-state index contributed by atoms with van der Waals surface area (Å²) >= 11 is 0. The van der Waals surface area contributed by atoms with Crippen molar-refractivity contribution in [2.24, 2.45) is 0 Å². The third-order valence-electron chi connectivity index (χ3n) is 4.66. The molecule has 0 aromatic heterocycles. The van der Waals surface area contributed by atoms with Gasteiger partial charge in [-0.3, -0.25) is 9.10 Å². The van der Waals surface area contributed by atoms with Crippen molar-refractivity contribution in [1.29, 1.82) is 0 Å². The number of ether oxygens (including phenoxy) is 3. The van der Waals surface area contributed by atoms with E-state index >= 15 is 0 Å². The first-order chi connectivity index (χ1) is 14.4. The Balaban J connectivity index is 1.57.